The molecule has 0 fully saturated rings. The first-order valence-corrected chi connectivity index (χ1v) is 8.14. The van der Waals surface area contributed by atoms with E-state index in [-0.39, 0.29) is 11.4 Å². The molecule has 0 saturated heterocycles. The summed E-state index contributed by atoms with van der Waals surface area (Å²) in [5, 5.41) is 4.31. The minimum Gasteiger partial charge on any atom is -0.495 e. The van der Waals surface area contributed by atoms with E-state index in [1.807, 2.05) is 30.5 Å². The van der Waals surface area contributed by atoms with Crippen molar-refractivity contribution in [3.8, 4) is 5.75 Å². The number of ether oxygens (including phenoxy) is 1. The normalized spacial score (nSPS) is 11.7. The van der Waals surface area contributed by atoms with Gasteiger partial charge in [-0.25, -0.2) is 17.7 Å². The third-order valence-electron chi connectivity index (χ3n) is 3.22. The largest absolute Gasteiger partial charge is 0.495 e. The van der Waals surface area contributed by atoms with Crippen molar-refractivity contribution in [2.45, 2.75) is 11.4 Å². The Morgan fingerprint density at radius 2 is 1.95 bits per heavy atom. The number of hydrogen-bond acceptors (Lipinski definition) is 4. The minimum atomic E-state index is -3.66. The maximum Gasteiger partial charge on any atom is 0.244 e. The van der Waals surface area contributed by atoms with Crippen molar-refractivity contribution in [2.75, 3.05) is 7.11 Å². The molecule has 1 aromatic carbocycles. The van der Waals surface area contributed by atoms with Crippen LogP contribution in [0.2, 0.25) is 0 Å². The second kappa shape index (κ2) is 5.78. The molecule has 0 atom stereocenters. The van der Waals surface area contributed by atoms with Gasteiger partial charge in [0.1, 0.15) is 10.6 Å². The summed E-state index contributed by atoms with van der Waals surface area (Å²) in [7, 11) is -2.22. The highest BCUT2D eigenvalue weighted by Gasteiger charge is 2.19. The number of pyridine rings is 1. The van der Waals surface area contributed by atoms with Crippen molar-refractivity contribution in [1.82, 2.24) is 14.3 Å². The van der Waals surface area contributed by atoms with Crippen molar-refractivity contribution in [3.05, 3.63) is 60.4 Å². The van der Waals surface area contributed by atoms with Gasteiger partial charge in [0.2, 0.25) is 10.0 Å². The van der Waals surface area contributed by atoms with Crippen LogP contribution in [0.5, 0.6) is 5.75 Å². The average molecular weight is 317 g/mol. The molecule has 0 spiro atoms. The molecule has 3 aromatic rings. The van der Waals surface area contributed by atoms with Crippen molar-refractivity contribution in [2.24, 2.45) is 0 Å². The lowest BCUT2D eigenvalue weighted by Crippen LogP contribution is -2.24. The summed E-state index contributed by atoms with van der Waals surface area (Å²) in [6, 6.07) is 14.0. The Labute approximate surface area is 128 Å². The predicted octanol–water partition coefficient (Wildman–Crippen LogP) is 1.82. The standard InChI is InChI=1S/C15H15N3O3S/c1-21-14-7-2-3-8-15(14)22(19,20)16-11-12-10-13-6-4-5-9-18(13)17-12/h2-10,16H,11H2,1H3. The van der Waals surface area contributed by atoms with E-state index in [1.165, 1.54) is 13.2 Å². The van der Waals surface area contributed by atoms with E-state index in [0.29, 0.717) is 11.4 Å². The van der Waals surface area contributed by atoms with Gasteiger partial charge in [0, 0.05) is 6.20 Å². The SMILES string of the molecule is COc1ccccc1S(=O)(=O)NCc1cc2ccccn2n1. The van der Waals surface area contributed by atoms with Gasteiger partial charge in [-0.1, -0.05) is 18.2 Å². The molecule has 7 heteroatoms. The lowest BCUT2D eigenvalue weighted by molar-refractivity contribution is 0.402. The first-order chi connectivity index (χ1) is 10.6. The zero-order chi connectivity index (χ0) is 15.6. The average Bonchev–Trinajstić information content (AvgIpc) is 2.96. The van der Waals surface area contributed by atoms with Crippen molar-refractivity contribution < 1.29 is 13.2 Å². The lowest BCUT2D eigenvalue weighted by Gasteiger charge is -2.09. The van der Waals surface area contributed by atoms with Gasteiger partial charge in [-0.3, -0.25) is 0 Å². The second-order valence-electron chi connectivity index (χ2n) is 4.68. The van der Waals surface area contributed by atoms with Gasteiger partial charge in [-0.15, -0.1) is 0 Å². The van der Waals surface area contributed by atoms with E-state index < -0.39 is 10.0 Å². The molecule has 0 radical (unpaired) electrons. The molecular formula is C15H15N3O3S. The van der Waals surface area contributed by atoms with Crippen LogP contribution in [0.25, 0.3) is 5.52 Å². The van der Waals surface area contributed by atoms with Crippen molar-refractivity contribution >= 4 is 15.5 Å². The number of benzene rings is 1. The van der Waals surface area contributed by atoms with Gasteiger partial charge in [0.25, 0.3) is 0 Å². The number of sulfonamides is 1. The third kappa shape index (κ3) is 2.81. The van der Waals surface area contributed by atoms with E-state index in [0.717, 1.165) is 5.52 Å². The molecule has 0 aliphatic carbocycles. The first-order valence-electron chi connectivity index (χ1n) is 6.66. The van der Waals surface area contributed by atoms with E-state index in [9.17, 15) is 8.42 Å². The van der Waals surface area contributed by atoms with Gasteiger partial charge >= 0.3 is 0 Å². The first kappa shape index (κ1) is 14.6. The van der Waals surface area contributed by atoms with Gasteiger partial charge in [-0.2, -0.15) is 5.10 Å². The number of para-hydroxylation sites is 1. The Balaban J connectivity index is 1.82. The summed E-state index contributed by atoms with van der Waals surface area (Å²) in [6.45, 7) is 0.113. The predicted molar refractivity (Wildman–Crippen MR) is 82.2 cm³/mol. The molecule has 0 bridgehead atoms. The van der Waals surface area contributed by atoms with Crippen LogP contribution in [0.4, 0.5) is 0 Å². The molecule has 6 nitrogen and oxygen atoms in total. The molecule has 3 rings (SSSR count). The highest BCUT2D eigenvalue weighted by molar-refractivity contribution is 7.89. The third-order valence-corrected chi connectivity index (χ3v) is 4.66. The van der Waals surface area contributed by atoms with Crippen LogP contribution in [-0.2, 0) is 16.6 Å². The van der Waals surface area contributed by atoms with Crippen LogP contribution < -0.4 is 9.46 Å². The summed E-state index contributed by atoms with van der Waals surface area (Å²) < 4.78 is 34.1. The summed E-state index contributed by atoms with van der Waals surface area (Å²) in [5.41, 5.74) is 1.55. The van der Waals surface area contributed by atoms with Crippen molar-refractivity contribution in [3.63, 3.8) is 0 Å². The Morgan fingerprint density at radius 1 is 1.18 bits per heavy atom. The molecule has 1 N–H and O–H groups in total. The molecule has 2 aromatic heterocycles. The highest BCUT2D eigenvalue weighted by atomic mass is 32.2. The van der Waals surface area contributed by atoms with Gasteiger partial charge < -0.3 is 4.74 Å². The summed E-state index contributed by atoms with van der Waals surface area (Å²) in [4.78, 5) is 0.112. The van der Waals surface area contributed by atoms with E-state index >= 15 is 0 Å². The summed E-state index contributed by atoms with van der Waals surface area (Å²) >= 11 is 0. The molecule has 22 heavy (non-hydrogen) atoms. The number of aromatic nitrogens is 2. The monoisotopic (exact) mass is 317 g/mol. The lowest BCUT2D eigenvalue weighted by atomic mass is 10.3. The Kier molecular flexibility index (Phi) is 3.82. The topological polar surface area (TPSA) is 72.7 Å². The fourth-order valence-electron chi connectivity index (χ4n) is 2.16. The number of nitrogens with zero attached hydrogens (tertiary/aromatic N) is 2. The Hall–Kier alpha value is -2.38. The van der Waals surface area contributed by atoms with Crippen LogP contribution in [0.3, 0.4) is 0 Å². The number of fused-ring (bicyclic) bond motifs is 1. The van der Waals surface area contributed by atoms with E-state index in [1.54, 1.807) is 22.7 Å². The maximum atomic E-state index is 12.4. The second-order valence-corrected chi connectivity index (χ2v) is 6.42. The molecule has 0 amide bonds. The van der Waals surface area contributed by atoms with Gasteiger partial charge in [-0.05, 0) is 30.3 Å². The minimum absolute atomic E-state index is 0.112. The quantitative estimate of drug-likeness (QED) is 0.779. The Bertz CT molecular complexity index is 870. The van der Waals surface area contributed by atoms with Gasteiger partial charge in [0.05, 0.1) is 24.9 Å². The van der Waals surface area contributed by atoms with Crippen LogP contribution in [-0.4, -0.2) is 25.1 Å². The molecule has 0 aliphatic heterocycles. The molecule has 2 heterocycles. The van der Waals surface area contributed by atoms with Crippen LogP contribution in [0.15, 0.2) is 59.6 Å². The zero-order valence-electron chi connectivity index (χ0n) is 11.9. The van der Waals surface area contributed by atoms with Crippen molar-refractivity contribution in [1.29, 1.82) is 0 Å². The number of methoxy groups -OCH3 is 1. The number of nitrogens with one attached hydrogen (secondary N) is 1. The summed E-state index contributed by atoms with van der Waals surface area (Å²) in [5.74, 6) is 0.310. The molecule has 114 valence electrons. The number of hydrogen-bond donors (Lipinski definition) is 1. The molecule has 0 unspecified atom stereocenters. The van der Waals surface area contributed by atoms with Gasteiger partial charge in [0.15, 0.2) is 0 Å². The van der Waals surface area contributed by atoms with Crippen LogP contribution in [0.1, 0.15) is 5.69 Å². The number of rotatable bonds is 5. The zero-order valence-corrected chi connectivity index (χ0v) is 12.7. The van der Waals surface area contributed by atoms with E-state index in [4.69, 9.17) is 4.74 Å². The van der Waals surface area contributed by atoms with E-state index in [2.05, 4.69) is 9.82 Å². The fraction of sp³-hybridized carbons (Fsp3) is 0.133. The maximum absolute atomic E-state index is 12.4. The Morgan fingerprint density at radius 3 is 2.73 bits per heavy atom. The molecule has 0 saturated carbocycles. The molecule has 0 aliphatic rings. The smallest absolute Gasteiger partial charge is 0.244 e. The fourth-order valence-corrected chi connectivity index (χ4v) is 3.33. The molecular weight excluding hydrogens is 302 g/mol. The van der Waals surface area contributed by atoms with Crippen LogP contribution >= 0.6 is 0 Å². The summed E-state index contributed by atoms with van der Waals surface area (Å²) in [6.07, 6.45) is 1.81. The van der Waals surface area contributed by atoms with Crippen LogP contribution in [0, 0.1) is 0 Å². The highest BCUT2D eigenvalue weighted by Crippen LogP contribution is 2.22.